The van der Waals surface area contributed by atoms with Crippen LogP contribution in [0, 0.1) is 0 Å². The Bertz CT molecular complexity index is 1020. The Morgan fingerprint density at radius 2 is 1.89 bits per heavy atom. The molecule has 0 bridgehead atoms. The van der Waals surface area contributed by atoms with Gasteiger partial charge in [0, 0.05) is 20.0 Å². The highest BCUT2D eigenvalue weighted by atomic mass is 19.3. The molecule has 0 aliphatic carbocycles. The van der Waals surface area contributed by atoms with Gasteiger partial charge < -0.3 is 9.64 Å². The Labute approximate surface area is 159 Å². The first-order valence-electron chi connectivity index (χ1n) is 8.54. The lowest BCUT2D eigenvalue weighted by Gasteiger charge is -2.17. The summed E-state index contributed by atoms with van der Waals surface area (Å²) >= 11 is 0. The second-order valence-corrected chi connectivity index (χ2v) is 6.16. The highest BCUT2D eigenvalue weighted by Gasteiger charge is 2.12. The molecule has 3 aromatic rings. The van der Waals surface area contributed by atoms with Crippen LogP contribution in [0.1, 0.15) is 12.0 Å². The first kappa shape index (κ1) is 19.4. The number of carbonyl (C=O) groups is 1. The van der Waals surface area contributed by atoms with Crippen molar-refractivity contribution < 1.29 is 18.3 Å². The summed E-state index contributed by atoms with van der Waals surface area (Å²) in [6, 6.07) is 12.9. The Balaban J connectivity index is 1.59. The van der Waals surface area contributed by atoms with Gasteiger partial charge in [0.15, 0.2) is 0 Å². The number of alkyl halides is 2. The summed E-state index contributed by atoms with van der Waals surface area (Å²) in [4.78, 5) is 26.2. The van der Waals surface area contributed by atoms with E-state index in [0.717, 1.165) is 5.56 Å². The van der Waals surface area contributed by atoms with Crippen LogP contribution < -0.4 is 10.3 Å². The first-order valence-corrected chi connectivity index (χ1v) is 8.54. The van der Waals surface area contributed by atoms with Crippen molar-refractivity contribution in [1.29, 1.82) is 0 Å². The molecule has 1 amide bonds. The highest BCUT2D eigenvalue weighted by molar-refractivity contribution is 5.77. The molecule has 2 aromatic carbocycles. The van der Waals surface area contributed by atoms with Crippen molar-refractivity contribution in [1.82, 2.24) is 19.9 Å². The fourth-order valence-corrected chi connectivity index (χ4v) is 2.70. The summed E-state index contributed by atoms with van der Waals surface area (Å²) in [5.41, 5.74) is 0.974. The van der Waals surface area contributed by atoms with Crippen LogP contribution >= 0.6 is 0 Å². The molecule has 0 fully saturated rings. The van der Waals surface area contributed by atoms with Gasteiger partial charge in [-0.05, 0) is 29.8 Å². The van der Waals surface area contributed by atoms with Crippen molar-refractivity contribution in [3.8, 4) is 5.75 Å². The third-order valence-electron chi connectivity index (χ3n) is 4.16. The van der Waals surface area contributed by atoms with Gasteiger partial charge in [-0.3, -0.25) is 9.59 Å². The topological polar surface area (TPSA) is 77.3 Å². The molecule has 0 spiro atoms. The van der Waals surface area contributed by atoms with Crippen LogP contribution in [0.4, 0.5) is 8.78 Å². The predicted octanol–water partition coefficient (Wildman–Crippen LogP) is 2.44. The van der Waals surface area contributed by atoms with E-state index < -0.39 is 6.61 Å². The lowest BCUT2D eigenvalue weighted by atomic mass is 10.2. The van der Waals surface area contributed by atoms with Crippen LogP contribution in [0.3, 0.4) is 0 Å². The molecule has 0 radical (unpaired) electrons. The molecular weight excluding hydrogens is 370 g/mol. The number of nitrogens with zero attached hydrogens (tertiary/aromatic N) is 4. The fraction of sp³-hybridized carbons (Fsp3) is 0.263. The molecule has 0 saturated heterocycles. The van der Waals surface area contributed by atoms with Gasteiger partial charge in [-0.15, -0.1) is 5.10 Å². The Morgan fingerprint density at radius 3 is 2.61 bits per heavy atom. The molecule has 0 aliphatic rings. The number of ether oxygens (including phenoxy) is 1. The molecule has 7 nitrogen and oxygen atoms in total. The summed E-state index contributed by atoms with van der Waals surface area (Å²) in [6.07, 6.45) is 0.0794. The fourth-order valence-electron chi connectivity index (χ4n) is 2.70. The Hall–Kier alpha value is -3.36. The molecule has 0 aliphatic heterocycles. The van der Waals surface area contributed by atoms with Crippen LogP contribution in [-0.2, 0) is 17.9 Å². The number of rotatable bonds is 7. The number of fused-ring (bicyclic) bond motifs is 1. The molecule has 28 heavy (non-hydrogen) atoms. The van der Waals surface area contributed by atoms with Crippen LogP contribution in [0.2, 0.25) is 0 Å². The van der Waals surface area contributed by atoms with Gasteiger partial charge in [-0.2, -0.15) is 8.78 Å². The maximum Gasteiger partial charge on any atom is 0.387 e. The summed E-state index contributed by atoms with van der Waals surface area (Å²) in [6.45, 7) is -2.47. The molecule has 1 aromatic heterocycles. The second kappa shape index (κ2) is 8.55. The van der Waals surface area contributed by atoms with Crippen molar-refractivity contribution in [2.45, 2.75) is 26.1 Å². The Kier molecular flexibility index (Phi) is 5.93. The van der Waals surface area contributed by atoms with E-state index in [1.807, 2.05) is 0 Å². The van der Waals surface area contributed by atoms with E-state index >= 15 is 0 Å². The van der Waals surface area contributed by atoms with Gasteiger partial charge >= 0.3 is 6.61 Å². The van der Waals surface area contributed by atoms with E-state index in [1.54, 1.807) is 43.4 Å². The lowest BCUT2D eigenvalue weighted by Crippen LogP contribution is -2.30. The minimum Gasteiger partial charge on any atom is -0.435 e. The van der Waals surface area contributed by atoms with Gasteiger partial charge in [-0.1, -0.05) is 29.5 Å². The quantitative estimate of drug-likeness (QED) is 0.621. The molecule has 3 rings (SSSR count). The largest absolute Gasteiger partial charge is 0.435 e. The number of benzene rings is 2. The average molecular weight is 388 g/mol. The predicted molar refractivity (Wildman–Crippen MR) is 98.0 cm³/mol. The SMILES string of the molecule is CN(Cc1ccc(OC(F)F)cc1)C(=O)CCn1nnc2ccccc2c1=O. The number of aryl methyl sites for hydroxylation is 1. The van der Waals surface area contributed by atoms with Gasteiger partial charge in [-0.25, -0.2) is 4.68 Å². The standard InChI is InChI=1S/C19H18F2N4O3/c1-24(12-13-6-8-14(9-7-13)28-19(20)21)17(26)10-11-25-18(27)15-4-2-3-5-16(15)22-23-25/h2-9,19H,10-12H2,1H3. The van der Waals surface area contributed by atoms with Crippen LogP contribution in [0.5, 0.6) is 5.75 Å². The van der Waals surface area contributed by atoms with Gasteiger partial charge in [0.25, 0.3) is 5.56 Å². The van der Waals surface area contributed by atoms with E-state index in [-0.39, 0.29) is 30.2 Å². The third-order valence-corrected chi connectivity index (χ3v) is 4.16. The zero-order valence-electron chi connectivity index (χ0n) is 15.1. The van der Waals surface area contributed by atoms with Crippen LogP contribution in [0.25, 0.3) is 10.9 Å². The summed E-state index contributed by atoms with van der Waals surface area (Å²) in [5, 5.41) is 8.30. The minimum absolute atomic E-state index is 0.0574. The van der Waals surface area contributed by atoms with Crippen molar-refractivity contribution in [2.75, 3.05) is 7.05 Å². The van der Waals surface area contributed by atoms with E-state index in [4.69, 9.17) is 0 Å². The van der Waals surface area contributed by atoms with Crippen molar-refractivity contribution >= 4 is 16.8 Å². The minimum atomic E-state index is -2.88. The molecule has 146 valence electrons. The summed E-state index contributed by atoms with van der Waals surface area (Å²) in [7, 11) is 1.63. The number of amides is 1. The molecule has 1 heterocycles. The van der Waals surface area contributed by atoms with Crippen molar-refractivity contribution in [2.24, 2.45) is 0 Å². The zero-order valence-corrected chi connectivity index (χ0v) is 15.1. The first-order chi connectivity index (χ1) is 13.4. The monoisotopic (exact) mass is 388 g/mol. The van der Waals surface area contributed by atoms with Gasteiger partial charge in [0.1, 0.15) is 11.3 Å². The van der Waals surface area contributed by atoms with E-state index in [1.165, 1.54) is 21.7 Å². The molecule has 0 unspecified atom stereocenters. The number of carbonyl (C=O) groups excluding carboxylic acids is 1. The van der Waals surface area contributed by atoms with Crippen LogP contribution in [0.15, 0.2) is 53.3 Å². The normalized spacial score (nSPS) is 11.0. The number of aromatic nitrogens is 3. The molecular formula is C19H18F2N4O3. The van der Waals surface area contributed by atoms with E-state index in [0.29, 0.717) is 17.4 Å². The molecule has 0 atom stereocenters. The van der Waals surface area contributed by atoms with Crippen molar-refractivity contribution in [3.05, 3.63) is 64.4 Å². The second-order valence-electron chi connectivity index (χ2n) is 6.16. The van der Waals surface area contributed by atoms with Gasteiger partial charge in [0.05, 0.1) is 11.9 Å². The maximum atomic E-state index is 12.4. The maximum absolute atomic E-state index is 12.4. The number of halogens is 2. The smallest absolute Gasteiger partial charge is 0.387 e. The van der Waals surface area contributed by atoms with E-state index in [9.17, 15) is 18.4 Å². The van der Waals surface area contributed by atoms with Gasteiger partial charge in [0.2, 0.25) is 5.91 Å². The number of hydrogen-bond donors (Lipinski definition) is 0. The average Bonchev–Trinajstić information content (AvgIpc) is 2.68. The highest BCUT2D eigenvalue weighted by Crippen LogP contribution is 2.16. The molecule has 9 heteroatoms. The lowest BCUT2D eigenvalue weighted by molar-refractivity contribution is -0.130. The Morgan fingerprint density at radius 1 is 1.18 bits per heavy atom. The summed E-state index contributed by atoms with van der Waals surface area (Å²) < 4.78 is 29.8. The number of hydrogen-bond acceptors (Lipinski definition) is 5. The van der Waals surface area contributed by atoms with E-state index in [2.05, 4.69) is 15.0 Å². The van der Waals surface area contributed by atoms with Crippen molar-refractivity contribution in [3.63, 3.8) is 0 Å². The summed E-state index contributed by atoms with van der Waals surface area (Å²) in [5.74, 6) is -0.128. The molecule has 0 saturated carbocycles. The zero-order chi connectivity index (χ0) is 20.1. The molecule has 0 N–H and O–H groups in total. The van der Waals surface area contributed by atoms with Crippen LogP contribution in [-0.4, -0.2) is 39.5 Å². The third kappa shape index (κ3) is 4.67.